The quantitative estimate of drug-likeness (QED) is 0.761. The SMILES string of the molecule is O=C(NC1(c2ccncc2)CCC1)c1nn(-c2cnccn2)c2c1C[C@H]1C[C@@H]21. The van der Waals surface area contributed by atoms with E-state index in [1.807, 2.05) is 16.8 Å². The molecule has 0 unspecified atom stereocenters. The van der Waals surface area contributed by atoms with Crippen molar-refractivity contribution in [1.82, 2.24) is 30.0 Å². The summed E-state index contributed by atoms with van der Waals surface area (Å²) < 4.78 is 1.84. The van der Waals surface area contributed by atoms with Crippen LogP contribution in [0.5, 0.6) is 0 Å². The van der Waals surface area contributed by atoms with Gasteiger partial charge in [-0.05, 0) is 55.7 Å². The lowest BCUT2D eigenvalue weighted by molar-refractivity contribution is 0.0816. The highest BCUT2D eigenvalue weighted by molar-refractivity contribution is 5.95. The maximum Gasteiger partial charge on any atom is 0.272 e. The lowest BCUT2D eigenvalue weighted by atomic mass is 9.72. The Morgan fingerprint density at radius 1 is 1.14 bits per heavy atom. The number of rotatable bonds is 4. The Bertz CT molecular complexity index is 1060. The number of hydrogen-bond acceptors (Lipinski definition) is 5. The summed E-state index contributed by atoms with van der Waals surface area (Å²) >= 11 is 0. The van der Waals surface area contributed by atoms with Gasteiger partial charge in [-0.25, -0.2) is 9.67 Å². The normalized spacial score (nSPS) is 23.4. The van der Waals surface area contributed by atoms with Crippen molar-refractivity contribution >= 4 is 5.91 Å². The van der Waals surface area contributed by atoms with Crippen LogP contribution in [0.3, 0.4) is 0 Å². The molecule has 0 saturated heterocycles. The molecular formula is C21H20N6O. The molecule has 3 aliphatic carbocycles. The first-order valence-electron chi connectivity index (χ1n) is 9.86. The first-order chi connectivity index (χ1) is 13.8. The average molecular weight is 372 g/mol. The smallest absolute Gasteiger partial charge is 0.272 e. The maximum absolute atomic E-state index is 13.3. The van der Waals surface area contributed by atoms with Crippen molar-refractivity contribution in [3.8, 4) is 5.82 Å². The first kappa shape index (κ1) is 15.9. The van der Waals surface area contributed by atoms with Crippen molar-refractivity contribution in [3.63, 3.8) is 0 Å². The molecule has 0 aromatic carbocycles. The largest absolute Gasteiger partial charge is 0.341 e. The van der Waals surface area contributed by atoms with E-state index < -0.39 is 0 Å². The van der Waals surface area contributed by atoms with E-state index in [0.717, 1.165) is 42.5 Å². The summed E-state index contributed by atoms with van der Waals surface area (Å²) in [4.78, 5) is 26.0. The second-order valence-corrected chi connectivity index (χ2v) is 8.12. The topological polar surface area (TPSA) is 85.6 Å². The summed E-state index contributed by atoms with van der Waals surface area (Å²) in [7, 11) is 0. The standard InChI is InChI=1S/C21H20N6O/c28-20(25-21(4-1-5-21)14-2-6-22-7-3-14)18-16-11-13-10-15(13)19(16)27(26-18)17-12-23-8-9-24-17/h2-3,6-9,12-13,15H,1,4-5,10-11H2,(H,25,28)/t13-,15-/m1/s1. The predicted molar refractivity (Wildman–Crippen MR) is 101 cm³/mol. The van der Waals surface area contributed by atoms with Gasteiger partial charge in [-0.3, -0.25) is 14.8 Å². The fourth-order valence-corrected chi connectivity index (χ4v) is 4.84. The Morgan fingerprint density at radius 3 is 2.71 bits per heavy atom. The van der Waals surface area contributed by atoms with E-state index in [1.54, 1.807) is 31.0 Å². The predicted octanol–water partition coefficient (Wildman–Crippen LogP) is 2.53. The maximum atomic E-state index is 13.3. The van der Waals surface area contributed by atoms with Gasteiger partial charge in [0.25, 0.3) is 5.91 Å². The number of nitrogens with zero attached hydrogens (tertiary/aromatic N) is 5. The fraction of sp³-hybridized carbons (Fsp3) is 0.381. The van der Waals surface area contributed by atoms with E-state index in [2.05, 4.69) is 20.3 Å². The van der Waals surface area contributed by atoms with Crippen LogP contribution in [0.2, 0.25) is 0 Å². The van der Waals surface area contributed by atoms with E-state index in [9.17, 15) is 4.79 Å². The highest BCUT2D eigenvalue weighted by Gasteiger charge is 2.51. The first-order valence-corrected chi connectivity index (χ1v) is 9.86. The van der Waals surface area contributed by atoms with E-state index in [4.69, 9.17) is 5.10 Å². The number of pyridine rings is 1. The van der Waals surface area contributed by atoms with Crippen LogP contribution in [-0.4, -0.2) is 30.6 Å². The molecule has 7 nitrogen and oxygen atoms in total. The molecule has 6 rings (SSSR count). The molecule has 3 aliphatic rings. The number of carbonyl (C=O) groups is 1. The third-order valence-electron chi connectivity index (χ3n) is 6.54. The molecule has 0 spiro atoms. The van der Waals surface area contributed by atoms with Gasteiger partial charge in [-0.15, -0.1) is 0 Å². The molecule has 1 amide bonds. The summed E-state index contributed by atoms with van der Waals surface area (Å²) in [6.45, 7) is 0. The van der Waals surface area contributed by atoms with Gasteiger partial charge in [0, 0.05) is 36.3 Å². The van der Waals surface area contributed by atoms with Crippen molar-refractivity contribution in [2.75, 3.05) is 0 Å². The molecular weight excluding hydrogens is 352 g/mol. The third-order valence-corrected chi connectivity index (χ3v) is 6.54. The Kier molecular flexibility index (Phi) is 3.24. The minimum Gasteiger partial charge on any atom is -0.341 e. The highest BCUT2D eigenvalue weighted by Crippen LogP contribution is 2.57. The lowest BCUT2D eigenvalue weighted by Crippen LogP contribution is -2.51. The van der Waals surface area contributed by atoms with Gasteiger partial charge in [-0.1, -0.05) is 0 Å². The molecule has 3 aromatic heterocycles. The van der Waals surface area contributed by atoms with Crippen LogP contribution in [0.15, 0.2) is 43.1 Å². The zero-order valence-corrected chi connectivity index (χ0v) is 15.4. The Balaban J connectivity index is 1.38. The Morgan fingerprint density at radius 2 is 2.00 bits per heavy atom. The molecule has 28 heavy (non-hydrogen) atoms. The van der Waals surface area contributed by atoms with Gasteiger partial charge in [0.05, 0.1) is 17.4 Å². The Hall–Kier alpha value is -3.09. The fourth-order valence-electron chi connectivity index (χ4n) is 4.84. The van der Waals surface area contributed by atoms with Crippen LogP contribution >= 0.6 is 0 Å². The molecule has 0 radical (unpaired) electrons. The van der Waals surface area contributed by atoms with Crippen molar-refractivity contribution in [2.24, 2.45) is 5.92 Å². The molecule has 7 heteroatoms. The van der Waals surface area contributed by atoms with Crippen LogP contribution in [0.1, 0.15) is 58.9 Å². The van der Waals surface area contributed by atoms with Crippen molar-refractivity contribution in [2.45, 2.75) is 43.6 Å². The van der Waals surface area contributed by atoms with Crippen LogP contribution in [0.4, 0.5) is 0 Å². The number of aromatic nitrogens is 5. The zero-order valence-electron chi connectivity index (χ0n) is 15.4. The van der Waals surface area contributed by atoms with E-state index in [1.165, 1.54) is 6.42 Å². The monoisotopic (exact) mass is 372 g/mol. The molecule has 3 aromatic rings. The van der Waals surface area contributed by atoms with Gasteiger partial charge >= 0.3 is 0 Å². The molecule has 140 valence electrons. The zero-order chi connectivity index (χ0) is 18.7. The minimum absolute atomic E-state index is 0.0864. The summed E-state index contributed by atoms with van der Waals surface area (Å²) in [5.41, 5.74) is 3.61. The number of amides is 1. The third kappa shape index (κ3) is 2.25. The van der Waals surface area contributed by atoms with Gasteiger partial charge in [0.2, 0.25) is 0 Å². The molecule has 1 N–H and O–H groups in total. The summed E-state index contributed by atoms with van der Waals surface area (Å²) in [6.07, 6.45) is 13.7. The van der Waals surface area contributed by atoms with Crippen molar-refractivity contribution < 1.29 is 4.79 Å². The van der Waals surface area contributed by atoms with Gasteiger partial charge in [0.1, 0.15) is 0 Å². The molecule has 2 saturated carbocycles. The van der Waals surface area contributed by atoms with E-state index in [-0.39, 0.29) is 11.4 Å². The summed E-state index contributed by atoms with van der Waals surface area (Å²) in [6, 6.07) is 3.99. The minimum atomic E-state index is -0.301. The van der Waals surface area contributed by atoms with Gasteiger partial charge in [-0.2, -0.15) is 5.10 Å². The molecule has 3 heterocycles. The van der Waals surface area contributed by atoms with E-state index in [0.29, 0.717) is 23.3 Å². The number of hydrogen-bond donors (Lipinski definition) is 1. The van der Waals surface area contributed by atoms with Crippen LogP contribution in [0.25, 0.3) is 5.82 Å². The van der Waals surface area contributed by atoms with E-state index >= 15 is 0 Å². The summed E-state index contributed by atoms with van der Waals surface area (Å²) in [5, 5.41) is 8.01. The Labute approximate surface area is 162 Å². The average Bonchev–Trinajstić information content (AvgIpc) is 3.21. The number of carbonyl (C=O) groups excluding carboxylic acids is 1. The second-order valence-electron chi connectivity index (χ2n) is 8.12. The number of nitrogens with one attached hydrogen (secondary N) is 1. The van der Waals surface area contributed by atoms with Gasteiger partial charge < -0.3 is 5.32 Å². The molecule has 2 atom stereocenters. The van der Waals surface area contributed by atoms with Crippen LogP contribution in [0, 0.1) is 5.92 Å². The lowest BCUT2D eigenvalue weighted by Gasteiger charge is -2.42. The molecule has 0 aliphatic heterocycles. The number of fused-ring (bicyclic) bond motifs is 3. The van der Waals surface area contributed by atoms with Crippen molar-refractivity contribution in [3.05, 3.63) is 65.6 Å². The molecule has 2 fully saturated rings. The van der Waals surface area contributed by atoms with Gasteiger partial charge in [0.15, 0.2) is 11.5 Å². The summed E-state index contributed by atoms with van der Waals surface area (Å²) in [5.74, 6) is 1.75. The van der Waals surface area contributed by atoms with Crippen LogP contribution in [-0.2, 0) is 12.0 Å². The van der Waals surface area contributed by atoms with Crippen LogP contribution < -0.4 is 5.32 Å². The molecule has 0 bridgehead atoms. The highest BCUT2D eigenvalue weighted by atomic mass is 16.2. The van der Waals surface area contributed by atoms with Crippen molar-refractivity contribution in [1.29, 1.82) is 0 Å². The second kappa shape index (κ2) is 5.70.